The van der Waals surface area contributed by atoms with E-state index in [-0.39, 0.29) is 5.91 Å². The van der Waals surface area contributed by atoms with E-state index in [0.29, 0.717) is 5.57 Å². The van der Waals surface area contributed by atoms with Crippen molar-refractivity contribution in [3.8, 4) is 0 Å². The predicted molar refractivity (Wildman–Crippen MR) is 90.3 cm³/mol. The quantitative estimate of drug-likeness (QED) is 0.776. The minimum Gasteiger partial charge on any atom is -0.359 e. The zero-order valence-electron chi connectivity index (χ0n) is 12.3. The highest BCUT2D eigenvalue weighted by molar-refractivity contribution is 9.10. The summed E-state index contributed by atoms with van der Waals surface area (Å²) in [7, 11) is 0. The SMILES string of the molecule is CCc1c(C)[nH]c(C=C2C(=O)Nc3ccc(Br)cc32)c1C. The Hall–Kier alpha value is -1.81. The number of aromatic nitrogens is 1. The van der Waals surface area contributed by atoms with Crippen molar-refractivity contribution in [1.29, 1.82) is 0 Å². The van der Waals surface area contributed by atoms with Crippen LogP contribution in [0.5, 0.6) is 0 Å². The van der Waals surface area contributed by atoms with E-state index in [1.807, 2.05) is 24.3 Å². The number of H-pyrrole nitrogens is 1. The van der Waals surface area contributed by atoms with Gasteiger partial charge in [-0.2, -0.15) is 0 Å². The number of rotatable bonds is 2. The maximum atomic E-state index is 12.2. The van der Waals surface area contributed by atoms with Gasteiger partial charge >= 0.3 is 0 Å². The summed E-state index contributed by atoms with van der Waals surface area (Å²) in [5.41, 5.74) is 7.26. The molecule has 0 radical (unpaired) electrons. The molecule has 0 bridgehead atoms. The van der Waals surface area contributed by atoms with Crippen LogP contribution in [0.4, 0.5) is 5.69 Å². The number of amides is 1. The number of aromatic amines is 1. The average molecular weight is 345 g/mol. The lowest BCUT2D eigenvalue weighted by atomic mass is 10.0. The van der Waals surface area contributed by atoms with Crippen LogP contribution in [0.2, 0.25) is 0 Å². The molecular weight excluding hydrogens is 328 g/mol. The van der Waals surface area contributed by atoms with Crippen LogP contribution in [-0.4, -0.2) is 10.9 Å². The zero-order chi connectivity index (χ0) is 15.1. The van der Waals surface area contributed by atoms with Crippen molar-refractivity contribution in [3.63, 3.8) is 0 Å². The summed E-state index contributed by atoms with van der Waals surface area (Å²) >= 11 is 3.47. The normalized spacial score (nSPS) is 15.4. The third-order valence-electron chi connectivity index (χ3n) is 4.04. The number of hydrogen-bond donors (Lipinski definition) is 2. The molecule has 0 fully saturated rings. The van der Waals surface area contributed by atoms with Crippen molar-refractivity contribution in [2.24, 2.45) is 0 Å². The summed E-state index contributed by atoms with van der Waals surface area (Å²) in [5.74, 6) is -0.0483. The number of fused-ring (bicyclic) bond motifs is 1. The number of benzene rings is 1. The number of anilines is 1. The molecular formula is C17H17BrN2O. The summed E-state index contributed by atoms with van der Waals surface area (Å²) in [4.78, 5) is 15.6. The molecule has 2 heterocycles. The number of halogens is 1. The largest absolute Gasteiger partial charge is 0.359 e. The molecule has 3 rings (SSSR count). The second-order valence-electron chi connectivity index (χ2n) is 5.32. The third kappa shape index (κ3) is 2.33. The molecule has 0 atom stereocenters. The maximum absolute atomic E-state index is 12.2. The predicted octanol–water partition coefficient (Wildman–Crippen LogP) is 4.45. The Morgan fingerprint density at radius 1 is 1.29 bits per heavy atom. The van der Waals surface area contributed by atoms with E-state index in [9.17, 15) is 4.79 Å². The molecule has 1 aromatic heterocycles. The highest BCUT2D eigenvalue weighted by Crippen LogP contribution is 2.35. The van der Waals surface area contributed by atoms with Gasteiger partial charge in [0, 0.05) is 27.1 Å². The van der Waals surface area contributed by atoms with E-state index >= 15 is 0 Å². The lowest BCUT2D eigenvalue weighted by Crippen LogP contribution is -2.03. The Labute approximate surface area is 132 Å². The fourth-order valence-corrected chi connectivity index (χ4v) is 3.30. The Morgan fingerprint density at radius 3 is 2.71 bits per heavy atom. The maximum Gasteiger partial charge on any atom is 0.256 e. The first-order valence-electron chi connectivity index (χ1n) is 7.02. The highest BCUT2D eigenvalue weighted by Gasteiger charge is 2.24. The van der Waals surface area contributed by atoms with Crippen LogP contribution in [0.1, 0.15) is 35.0 Å². The molecule has 0 saturated carbocycles. The average Bonchev–Trinajstić information content (AvgIpc) is 2.88. The van der Waals surface area contributed by atoms with Crippen LogP contribution in [0.25, 0.3) is 11.6 Å². The molecule has 1 aliphatic rings. The molecule has 108 valence electrons. The topological polar surface area (TPSA) is 44.9 Å². The number of nitrogens with one attached hydrogen (secondary N) is 2. The van der Waals surface area contributed by atoms with Gasteiger partial charge in [0.15, 0.2) is 0 Å². The number of carbonyl (C=O) groups is 1. The smallest absolute Gasteiger partial charge is 0.256 e. The van der Waals surface area contributed by atoms with Gasteiger partial charge in [0.25, 0.3) is 5.91 Å². The fraction of sp³-hybridized carbons (Fsp3) is 0.235. The van der Waals surface area contributed by atoms with Crippen LogP contribution >= 0.6 is 15.9 Å². The van der Waals surface area contributed by atoms with Crippen molar-refractivity contribution in [2.45, 2.75) is 27.2 Å². The first kappa shape index (κ1) is 14.1. The van der Waals surface area contributed by atoms with E-state index in [0.717, 1.165) is 27.8 Å². The molecule has 1 aromatic carbocycles. The van der Waals surface area contributed by atoms with Gasteiger partial charge in [-0.05, 0) is 55.7 Å². The third-order valence-corrected chi connectivity index (χ3v) is 4.53. The van der Waals surface area contributed by atoms with E-state index < -0.39 is 0 Å². The molecule has 21 heavy (non-hydrogen) atoms. The van der Waals surface area contributed by atoms with Crippen molar-refractivity contribution in [3.05, 3.63) is 50.8 Å². The second-order valence-corrected chi connectivity index (χ2v) is 6.24. The Balaban J connectivity index is 2.13. The lowest BCUT2D eigenvalue weighted by Gasteiger charge is -2.00. The van der Waals surface area contributed by atoms with Crippen LogP contribution in [0.15, 0.2) is 22.7 Å². The molecule has 0 saturated heterocycles. The van der Waals surface area contributed by atoms with Gasteiger partial charge in [-0.1, -0.05) is 22.9 Å². The monoisotopic (exact) mass is 344 g/mol. The molecule has 1 aliphatic heterocycles. The molecule has 3 nitrogen and oxygen atoms in total. The molecule has 2 N–H and O–H groups in total. The van der Waals surface area contributed by atoms with E-state index in [1.54, 1.807) is 0 Å². The van der Waals surface area contributed by atoms with Crippen molar-refractivity contribution >= 4 is 39.2 Å². The first-order valence-corrected chi connectivity index (χ1v) is 7.81. The van der Waals surface area contributed by atoms with Crippen LogP contribution in [0.3, 0.4) is 0 Å². The standard InChI is InChI=1S/C17H17BrN2O/c1-4-12-9(2)16(19-10(12)3)8-14-13-7-11(18)5-6-15(13)20-17(14)21/h5-8,19H,4H2,1-3H3,(H,20,21). The van der Waals surface area contributed by atoms with Gasteiger partial charge < -0.3 is 10.3 Å². The molecule has 0 spiro atoms. The van der Waals surface area contributed by atoms with Gasteiger partial charge in [-0.25, -0.2) is 0 Å². The molecule has 0 unspecified atom stereocenters. The number of carbonyl (C=O) groups excluding carboxylic acids is 1. The van der Waals surface area contributed by atoms with Crippen molar-refractivity contribution in [2.75, 3.05) is 5.32 Å². The molecule has 1 amide bonds. The van der Waals surface area contributed by atoms with Gasteiger partial charge in [-0.15, -0.1) is 0 Å². The summed E-state index contributed by atoms with van der Waals surface area (Å²) in [6.07, 6.45) is 2.95. The van der Waals surface area contributed by atoms with E-state index in [2.05, 4.69) is 47.0 Å². The van der Waals surface area contributed by atoms with Gasteiger partial charge in [0.05, 0.1) is 5.57 Å². The lowest BCUT2D eigenvalue weighted by molar-refractivity contribution is -0.110. The molecule has 2 aromatic rings. The number of hydrogen-bond acceptors (Lipinski definition) is 1. The number of aryl methyl sites for hydroxylation is 1. The van der Waals surface area contributed by atoms with Gasteiger partial charge in [0.1, 0.15) is 0 Å². The summed E-state index contributed by atoms with van der Waals surface area (Å²) < 4.78 is 0.970. The highest BCUT2D eigenvalue weighted by atomic mass is 79.9. The van der Waals surface area contributed by atoms with Crippen LogP contribution < -0.4 is 5.32 Å². The van der Waals surface area contributed by atoms with Gasteiger partial charge in [0.2, 0.25) is 0 Å². The van der Waals surface area contributed by atoms with Crippen molar-refractivity contribution in [1.82, 2.24) is 4.98 Å². The Bertz CT molecular complexity index is 771. The van der Waals surface area contributed by atoms with Crippen LogP contribution in [-0.2, 0) is 11.2 Å². The fourth-order valence-electron chi connectivity index (χ4n) is 2.94. The molecule has 4 heteroatoms. The minimum absolute atomic E-state index is 0.0483. The van der Waals surface area contributed by atoms with Crippen LogP contribution in [0, 0.1) is 13.8 Å². The van der Waals surface area contributed by atoms with Crippen molar-refractivity contribution < 1.29 is 4.79 Å². The Kier molecular flexibility index (Phi) is 3.49. The zero-order valence-corrected chi connectivity index (χ0v) is 13.9. The van der Waals surface area contributed by atoms with E-state index in [4.69, 9.17) is 0 Å². The summed E-state index contributed by atoms with van der Waals surface area (Å²) in [6.45, 7) is 6.32. The summed E-state index contributed by atoms with van der Waals surface area (Å²) in [6, 6.07) is 5.83. The summed E-state index contributed by atoms with van der Waals surface area (Å²) in [5, 5.41) is 2.91. The van der Waals surface area contributed by atoms with Gasteiger partial charge in [-0.3, -0.25) is 4.79 Å². The van der Waals surface area contributed by atoms with E-state index in [1.165, 1.54) is 16.8 Å². The Morgan fingerprint density at radius 2 is 2.05 bits per heavy atom. The minimum atomic E-state index is -0.0483. The molecule has 0 aliphatic carbocycles. The second kappa shape index (κ2) is 5.19. The first-order chi connectivity index (χ1) is 10.0.